The molecule has 2 heteroatoms. The van der Waals surface area contributed by atoms with Crippen LogP contribution in [0.3, 0.4) is 0 Å². The lowest BCUT2D eigenvalue weighted by Crippen LogP contribution is -1.75. The molecule has 0 heterocycles. The van der Waals surface area contributed by atoms with Gasteiger partial charge in [-0.3, -0.25) is 4.79 Å². The molecule has 0 radical (unpaired) electrons. The summed E-state index contributed by atoms with van der Waals surface area (Å²) in [7, 11) is 0. The number of halogens is 1. The maximum absolute atomic E-state index is 9.86. The van der Waals surface area contributed by atoms with E-state index in [0.29, 0.717) is 0 Å². The molecule has 0 bridgehead atoms. The van der Waals surface area contributed by atoms with Gasteiger partial charge in [0.05, 0.1) is 0 Å². The summed E-state index contributed by atoms with van der Waals surface area (Å²) < 4.78 is 0.905. The fourth-order valence-electron chi connectivity index (χ4n) is 0.0812. The van der Waals surface area contributed by atoms with Gasteiger partial charge in [-0.1, -0.05) is 15.9 Å². The Balaban J connectivity index is 3.98. The Kier molecular flexibility index (Phi) is 2.92. The molecule has 0 N–H and O–H groups in total. The predicted molar refractivity (Wildman–Crippen MR) is 33.4 cm³/mol. The first-order chi connectivity index (χ1) is 3.18. The van der Waals surface area contributed by atoms with Gasteiger partial charge in [0.1, 0.15) is 6.29 Å². The standard InChI is InChI=1S/C5H7BrO/c1-4(3-7)5(2)6/h3H,1-2H3. The SMILES string of the molecule is CC(Br)=C(C)C=O. The van der Waals surface area contributed by atoms with Crippen molar-refractivity contribution in [3.05, 3.63) is 10.1 Å². The highest BCUT2D eigenvalue weighted by atomic mass is 79.9. The van der Waals surface area contributed by atoms with E-state index in [2.05, 4.69) is 15.9 Å². The first-order valence-electron chi connectivity index (χ1n) is 1.96. The zero-order valence-electron chi connectivity index (χ0n) is 4.36. The third-order valence-corrected chi connectivity index (χ3v) is 1.35. The smallest absolute Gasteiger partial charge is 0.146 e. The van der Waals surface area contributed by atoms with Gasteiger partial charge in [-0.05, 0) is 23.9 Å². The molecular weight excluding hydrogens is 156 g/mol. The molecule has 0 rings (SSSR count). The highest BCUT2D eigenvalue weighted by Crippen LogP contribution is 2.06. The Hall–Kier alpha value is -0.110. The molecule has 40 valence electrons. The van der Waals surface area contributed by atoms with Crippen LogP contribution in [0.4, 0.5) is 0 Å². The maximum atomic E-state index is 9.86. The Bertz CT molecular complexity index is 101. The van der Waals surface area contributed by atoms with E-state index in [9.17, 15) is 4.79 Å². The van der Waals surface area contributed by atoms with E-state index < -0.39 is 0 Å². The second-order valence-electron chi connectivity index (χ2n) is 1.33. The van der Waals surface area contributed by atoms with E-state index in [-0.39, 0.29) is 0 Å². The quantitative estimate of drug-likeness (QED) is 0.426. The number of allylic oxidation sites excluding steroid dienone is 2. The molecule has 0 aromatic rings. The van der Waals surface area contributed by atoms with Crippen LogP contribution < -0.4 is 0 Å². The molecule has 0 spiro atoms. The third-order valence-electron chi connectivity index (χ3n) is 0.720. The van der Waals surface area contributed by atoms with E-state index in [1.54, 1.807) is 6.92 Å². The minimum atomic E-state index is 0.750. The summed E-state index contributed by atoms with van der Waals surface area (Å²) in [6.07, 6.45) is 0.823. The number of rotatable bonds is 1. The Morgan fingerprint density at radius 3 is 2.00 bits per heavy atom. The Morgan fingerprint density at radius 1 is 1.57 bits per heavy atom. The van der Waals surface area contributed by atoms with Crippen LogP contribution in [0.5, 0.6) is 0 Å². The van der Waals surface area contributed by atoms with Crippen molar-refractivity contribution in [2.45, 2.75) is 13.8 Å². The van der Waals surface area contributed by atoms with Crippen molar-refractivity contribution in [2.24, 2.45) is 0 Å². The summed E-state index contributed by atoms with van der Waals surface area (Å²) in [6, 6.07) is 0. The molecule has 0 aliphatic carbocycles. The summed E-state index contributed by atoms with van der Waals surface area (Å²) in [5.74, 6) is 0. The van der Waals surface area contributed by atoms with Gasteiger partial charge in [-0.25, -0.2) is 0 Å². The second kappa shape index (κ2) is 2.97. The fourth-order valence-corrected chi connectivity index (χ4v) is 0.175. The van der Waals surface area contributed by atoms with Crippen LogP contribution in [0.2, 0.25) is 0 Å². The van der Waals surface area contributed by atoms with Crippen molar-refractivity contribution in [3.8, 4) is 0 Å². The predicted octanol–water partition coefficient (Wildman–Crippen LogP) is 1.87. The minimum Gasteiger partial charge on any atom is -0.298 e. The molecule has 0 aliphatic heterocycles. The van der Waals surface area contributed by atoms with Crippen LogP contribution in [0, 0.1) is 0 Å². The highest BCUT2D eigenvalue weighted by molar-refractivity contribution is 9.11. The van der Waals surface area contributed by atoms with Gasteiger partial charge < -0.3 is 0 Å². The van der Waals surface area contributed by atoms with E-state index in [1.807, 2.05) is 6.92 Å². The molecule has 0 unspecified atom stereocenters. The summed E-state index contributed by atoms with van der Waals surface area (Å²) >= 11 is 3.15. The van der Waals surface area contributed by atoms with Gasteiger partial charge in [0.25, 0.3) is 0 Å². The maximum Gasteiger partial charge on any atom is 0.146 e. The van der Waals surface area contributed by atoms with Crippen LogP contribution >= 0.6 is 15.9 Å². The molecule has 0 aromatic carbocycles. The Morgan fingerprint density at radius 2 is 2.00 bits per heavy atom. The summed E-state index contributed by atoms with van der Waals surface area (Å²) in [5.41, 5.74) is 0.750. The number of carbonyl (C=O) groups excluding carboxylic acids is 1. The van der Waals surface area contributed by atoms with Gasteiger partial charge >= 0.3 is 0 Å². The number of aldehydes is 1. The van der Waals surface area contributed by atoms with Crippen molar-refractivity contribution in [1.29, 1.82) is 0 Å². The molecular formula is C5H7BrO. The minimum absolute atomic E-state index is 0.750. The van der Waals surface area contributed by atoms with E-state index in [4.69, 9.17) is 0 Å². The first kappa shape index (κ1) is 6.89. The van der Waals surface area contributed by atoms with Gasteiger partial charge in [-0.15, -0.1) is 0 Å². The second-order valence-corrected chi connectivity index (χ2v) is 2.52. The largest absolute Gasteiger partial charge is 0.298 e. The molecule has 0 fully saturated rings. The molecule has 0 atom stereocenters. The lowest BCUT2D eigenvalue weighted by atomic mass is 10.3. The van der Waals surface area contributed by atoms with Crippen molar-refractivity contribution in [3.63, 3.8) is 0 Å². The average Bonchev–Trinajstić information content (AvgIpc) is 1.65. The van der Waals surface area contributed by atoms with Crippen molar-refractivity contribution >= 4 is 22.2 Å². The number of carbonyl (C=O) groups is 1. The first-order valence-corrected chi connectivity index (χ1v) is 2.76. The average molecular weight is 163 g/mol. The lowest BCUT2D eigenvalue weighted by Gasteiger charge is -1.84. The normalized spacial score (nSPS) is 13.0. The molecule has 0 aromatic heterocycles. The zero-order valence-corrected chi connectivity index (χ0v) is 5.95. The molecule has 0 saturated heterocycles. The van der Waals surface area contributed by atoms with Crippen molar-refractivity contribution in [2.75, 3.05) is 0 Å². The molecule has 7 heavy (non-hydrogen) atoms. The molecule has 0 amide bonds. The third kappa shape index (κ3) is 2.57. The topological polar surface area (TPSA) is 17.1 Å². The van der Waals surface area contributed by atoms with E-state index in [0.717, 1.165) is 16.3 Å². The highest BCUT2D eigenvalue weighted by Gasteiger charge is 1.85. The van der Waals surface area contributed by atoms with Gasteiger partial charge in [0.2, 0.25) is 0 Å². The van der Waals surface area contributed by atoms with Crippen LogP contribution in [-0.2, 0) is 4.79 Å². The van der Waals surface area contributed by atoms with Gasteiger partial charge in [0.15, 0.2) is 0 Å². The summed E-state index contributed by atoms with van der Waals surface area (Å²) in [4.78, 5) is 9.86. The summed E-state index contributed by atoms with van der Waals surface area (Å²) in [6.45, 7) is 3.60. The van der Waals surface area contributed by atoms with Crippen LogP contribution in [-0.4, -0.2) is 6.29 Å². The molecule has 0 saturated carbocycles. The Labute approximate surface area is 51.5 Å². The van der Waals surface area contributed by atoms with Crippen molar-refractivity contribution < 1.29 is 4.79 Å². The van der Waals surface area contributed by atoms with Gasteiger partial charge in [0, 0.05) is 0 Å². The van der Waals surface area contributed by atoms with Gasteiger partial charge in [-0.2, -0.15) is 0 Å². The molecule has 1 nitrogen and oxygen atoms in total. The van der Waals surface area contributed by atoms with Crippen LogP contribution in [0.15, 0.2) is 10.1 Å². The number of hydrogen-bond acceptors (Lipinski definition) is 1. The monoisotopic (exact) mass is 162 g/mol. The number of hydrogen-bond donors (Lipinski definition) is 0. The molecule has 0 aliphatic rings. The fraction of sp³-hybridized carbons (Fsp3) is 0.400. The van der Waals surface area contributed by atoms with Crippen LogP contribution in [0.1, 0.15) is 13.8 Å². The van der Waals surface area contributed by atoms with E-state index in [1.165, 1.54) is 0 Å². The zero-order chi connectivity index (χ0) is 5.86. The van der Waals surface area contributed by atoms with Crippen LogP contribution in [0.25, 0.3) is 0 Å². The summed E-state index contributed by atoms with van der Waals surface area (Å²) in [5, 5.41) is 0. The van der Waals surface area contributed by atoms with Crippen molar-refractivity contribution in [1.82, 2.24) is 0 Å². The van der Waals surface area contributed by atoms with E-state index >= 15 is 0 Å². The lowest BCUT2D eigenvalue weighted by molar-refractivity contribution is -0.104.